The largest absolute Gasteiger partial charge is 0.416 e. The summed E-state index contributed by atoms with van der Waals surface area (Å²) in [5, 5.41) is 0. The highest BCUT2D eigenvalue weighted by Crippen LogP contribution is 2.42. The highest BCUT2D eigenvalue weighted by Gasteiger charge is 2.47. The maximum absolute atomic E-state index is 14.2. The molecule has 6 aromatic rings. The topological polar surface area (TPSA) is 34.1 Å². The first-order chi connectivity index (χ1) is 49.4. The predicted octanol–water partition coefficient (Wildman–Crippen LogP) is 24.0. The van der Waals surface area contributed by atoms with Gasteiger partial charge in [-0.25, -0.2) is 0 Å². The number of rotatable bonds is 40. The third-order valence-electron chi connectivity index (χ3n) is 18.3. The van der Waals surface area contributed by atoms with E-state index in [0.717, 1.165) is 22.6 Å². The SMILES string of the molecule is CCCCCCCCCCCCCCCCCC(=O)c1ccc([I+]c2ccc(C(=O)CCCCCCCCCCCCCCCCC)s2)s1.FC(F)(F)c1cc([B-](c2cc(C(F)(F)F)cc(C(F)(F)F)c2)(c2cc(C(F)(F)F)cc(C(F)(F)F)c2)c2cc(C(F)(F)F)cc(C(F)(F)F)c2)cc(C(F)(F)F)c1. The molecule has 6 rings (SSSR count). The zero-order valence-corrected chi connectivity index (χ0v) is 62.3. The molecular formula is C76H86BF24IO2S2. The number of halogens is 25. The van der Waals surface area contributed by atoms with Crippen molar-refractivity contribution in [2.24, 2.45) is 0 Å². The van der Waals surface area contributed by atoms with Gasteiger partial charge in [-0.05, 0) is 49.2 Å². The summed E-state index contributed by atoms with van der Waals surface area (Å²) < 4.78 is 343. The zero-order valence-electron chi connectivity index (χ0n) is 58.5. The van der Waals surface area contributed by atoms with E-state index < -0.39 is 195 Å². The van der Waals surface area contributed by atoms with Crippen LogP contribution in [0.15, 0.2) is 97.1 Å². The minimum atomic E-state index is -6.13. The van der Waals surface area contributed by atoms with Crippen LogP contribution in [0.2, 0.25) is 0 Å². The Morgan fingerprint density at radius 3 is 0.604 bits per heavy atom. The molecule has 0 aliphatic heterocycles. The lowest BCUT2D eigenvalue weighted by Crippen LogP contribution is -3.61. The lowest BCUT2D eigenvalue weighted by Gasteiger charge is -2.46. The molecule has 0 radical (unpaired) electrons. The first-order valence-corrected chi connectivity index (χ1v) is 39.5. The van der Waals surface area contributed by atoms with Gasteiger partial charge in [0.25, 0.3) is 0 Å². The van der Waals surface area contributed by atoms with Gasteiger partial charge >= 0.3 is 70.6 Å². The molecule has 0 saturated heterocycles. The van der Waals surface area contributed by atoms with E-state index in [1.165, 1.54) is 186 Å². The summed E-state index contributed by atoms with van der Waals surface area (Å²) in [5.41, 5.74) is -30.2. The molecule has 0 bridgehead atoms. The maximum Gasteiger partial charge on any atom is 0.416 e. The number of unbranched alkanes of at least 4 members (excludes halogenated alkanes) is 28. The molecule has 0 aliphatic carbocycles. The van der Waals surface area contributed by atoms with Crippen LogP contribution in [0.1, 0.15) is 283 Å². The third kappa shape index (κ3) is 29.5. The van der Waals surface area contributed by atoms with Crippen LogP contribution < -0.4 is 43.1 Å². The van der Waals surface area contributed by atoms with E-state index in [-0.39, 0.29) is 21.2 Å². The number of hydrogen-bond acceptors (Lipinski definition) is 4. The molecule has 0 spiro atoms. The van der Waals surface area contributed by atoms with Gasteiger partial charge in [0.2, 0.25) is 5.77 Å². The Bertz CT molecular complexity index is 3150. The highest BCUT2D eigenvalue weighted by molar-refractivity contribution is 7.20. The minimum Gasteiger partial charge on any atom is -0.293 e. The standard InChI is InChI=1S/C44H74IO2S2.C32H12BF24/c1-3-5-7-9-11-13-15-17-19-21-23-25-27-29-31-33-39(46)41-35-37-43(48-41)45-44-38-36-42(49-44)40(47)34-32-30-28-26-24-22-20-18-16-14-12-10-8-6-4-2;34-25(35,36)13-1-14(26(37,38)39)6-21(5-13)33(22-7-15(27(40,41)42)2-16(8-22)28(43,44)45,23-9-17(29(46,47)48)3-18(10-23)30(49,50)51)24-11-19(31(52,53)54)4-20(12-24)32(55,56)57/h35-38H,3-34H2,1-2H3;1-12H/q+1;-1. The minimum absolute atomic E-state index is 0.318. The predicted molar refractivity (Wildman–Crippen MR) is 364 cm³/mol. The molecule has 2 nitrogen and oxygen atoms in total. The van der Waals surface area contributed by atoms with Crippen molar-refractivity contribution in [3.05, 3.63) is 157 Å². The van der Waals surface area contributed by atoms with Crippen LogP contribution in [0, 0.1) is 5.77 Å². The van der Waals surface area contributed by atoms with Crippen LogP contribution in [-0.4, -0.2) is 17.7 Å². The summed E-state index contributed by atoms with van der Waals surface area (Å²) in [4.78, 5) is 27.5. The number of carbonyl (C=O) groups is 2. The van der Waals surface area contributed by atoms with Gasteiger partial charge in [0, 0.05) is 25.0 Å². The zero-order chi connectivity index (χ0) is 79.0. The lowest BCUT2D eigenvalue weighted by molar-refractivity contribution is -0.585. The number of hydrogen-bond donors (Lipinski definition) is 0. The summed E-state index contributed by atoms with van der Waals surface area (Å²) >= 11 is 3.07. The molecule has 2 aromatic heterocycles. The molecular weight excluding hydrogens is 1600 g/mol. The average molecular weight is 1690 g/mol. The van der Waals surface area contributed by atoms with E-state index in [4.69, 9.17) is 0 Å². The number of Topliss-reactive ketones (excluding diaryl/α,β-unsaturated/α-hetero) is 2. The van der Waals surface area contributed by atoms with Crippen molar-refractivity contribution in [1.82, 2.24) is 0 Å². The van der Waals surface area contributed by atoms with E-state index in [1.54, 1.807) is 22.7 Å². The first kappa shape index (κ1) is 91.3. The molecule has 0 fully saturated rings. The second-order valence-corrected chi connectivity index (χ2v) is 33.3. The van der Waals surface area contributed by atoms with E-state index in [1.807, 2.05) is 12.1 Å². The Hall–Kier alpha value is -5.27. The summed E-state index contributed by atoms with van der Waals surface area (Å²) in [6, 6.07) is -0.398. The summed E-state index contributed by atoms with van der Waals surface area (Å²) in [7, 11) is 0. The molecule has 0 N–H and O–H groups in total. The number of ketones is 2. The Labute approximate surface area is 620 Å². The Morgan fingerprint density at radius 2 is 0.434 bits per heavy atom. The molecule has 0 amide bonds. The lowest BCUT2D eigenvalue weighted by atomic mass is 9.12. The van der Waals surface area contributed by atoms with Gasteiger partial charge in [0.05, 0.1) is 54.3 Å². The number of benzene rings is 4. The second-order valence-electron chi connectivity index (χ2n) is 26.8. The van der Waals surface area contributed by atoms with Crippen molar-refractivity contribution >= 4 is 62.2 Å². The average Bonchev–Trinajstić information content (AvgIpc) is 0.886. The Kier molecular flexibility index (Phi) is 35.5. The smallest absolute Gasteiger partial charge is 0.293 e. The molecule has 0 unspecified atom stereocenters. The molecule has 30 heteroatoms. The monoisotopic (exact) mass is 1690 g/mol. The molecule has 592 valence electrons. The molecule has 0 aliphatic rings. The number of alkyl halides is 24. The van der Waals surface area contributed by atoms with Gasteiger partial charge in [-0.1, -0.05) is 265 Å². The van der Waals surface area contributed by atoms with Crippen molar-refractivity contribution in [1.29, 1.82) is 0 Å². The van der Waals surface area contributed by atoms with Gasteiger partial charge in [-0.3, -0.25) is 9.59 Å². The number of carbonyl (C=O) groups excluding carboxylic acids is 2. The van der Waals surface area contributed by atoms with Crippen molar-refractivity contribution in [2.45, 2.75) is 269 Å². The fourth-order valence-electron chi connectivity index (χ4n) is 12.8. The van der Waals surface area contributed by atoms with Crippen LogP contribution in [0.5, 0.6) is 0 Å². The first-order valence-electron chi connectivity index (χ1n) is 35.7. The van der Waals surface area contributed by atoms with E-state index >= 15 is 0 Å². The molecule has 0 saturated carbocycles. The fraction of sp³-hybridized carbons (Fsp3) is 0.553. The van der Waals surface area contributed by atoms with Crippen molar-refractivity contribution in [3.8, 4) is 0 Å². The maximum atomic E-state index is 14.2. The molecule has 0 atom stereocenters. The van der Waals surface area contributed by atoms with Gasteiger partial charge in [-0.15, -0.1) is 0 Å². The van der Waals surface area contributed by atoms with Crippen LogP contribution >= 0.6 is 22.7 Å². The van der Waals surface area contributed by atoms with Gasteiger partial charge < -0.3 is 0 Å². The molecule has 106 heavy (non-hydrogen) atoms. The number of thiophene rings is 2. The molecule has 2 heterocycles. The Morgan fingerprint density at radius 1 is 0.264 bits per heavy atom. The van der Waals surface area contributed by atoms with Gasteiger partial charge in [0.1, 0.15) is 6.15 Å². The Balaban J connectivity index is 0.000000385. The fourth-order valence-corrected chi connectivity index (χ4v) is 19.0. The highest BCUT2D eigenvalue weighted by atomic mass is 127. The summed E-state index contributed by atoms with van der Waals surface area (Å²) in [5.74, 6) is 0.640. The van der Waals surface area contributed by atoms with Crippen LogP contribution in [-0.2, 0) is 49.4 Å². The van der Waals surface area contributed by atoms with Crippen LogP contribution in [0.4, 0.5) is 105 Å². The quantitative estimate of drug-likeness (QED) is 0.0126. The normalized spacial score (nSPS) is 13.0. The summed E-state index contributed by atoms with van der Waals surface area (Å²) in [6.07, 6.45) is -12.9. The van der Waals surface area contributed by atoms with Crippen molar-refractivity contribution < 1.29 is 136 Å². The van der Waals surface area contributed by atoms with E-state index in [9.17, 15) is 115 Å². The van der Waals surface area contributed by atoms with Gasteiger partial charge in [-0.2, -0.15) is 127 Å². The van der Waals surface area contributed by atoms with Crippen LogP contribution in [0.25, 0.3) is 0 Å². The third-order valence-corrected chi connectivity index (χ3v) is 24.3. The van der Waals surface area contributed by atoms with E-state index in [0.29, 0.717) is 24.4 Å². The second kappa shape index (κ2) is 41.1. The summed E-state index contributed by atoms with van der Waals surface area (Å²) in [6.45, 7) is 4.57. The van der Waals surface area contributed by atoms with Crippen LogP contribution in [0.3, 0.4) is 0 Å². The van der Waals surface area contributed by atoms with E-state index in [2.05, 4.69) is 26.0 Å². The molecule has 4 aromatic carbocycles. The van der Waals surface area contributed by atoms with Crippen molar-refractivity contribution in [2.75, 3.05) is 0 Å². The van der Waals surface area contributed by atoms with Crippen molar-refractivity contribution in [3.63, 3.8) is 0 Å². The van der Waals surface area contributed by atoms with Gasteiger partial charge in [0.15, 0.2) is 11.6 Å².